The van der Waals surface area contributed by atoms with Crippen molar-refractivity contribution in [2.24, 2.45) is 4.40 Å². The standard InChI is InChI=1S/C16H21NOS/c1-12-6-8-13(9-7-12)14-17-19-16(3)11-5-4-10-15(16,2)18-14/h6-9H,4-5,10-11H2,1-3H3. The summed E-state index contributed by atoms with van der Waals surface area (Å²) < 4.78 is 11.1. The summed E-state index contributed by atoms with van der Waals surface area (Å²) in [5, 5.41) is 0. The zero-order valence-electron chi connectivity index (χ0n) is 11.9. The van der Waals surface area contributed by atoms with E-state index in [1.54, 1.807) is 11.9 Å². The SMILES string of the molecule is Cc1ccc(C2=NSC3(C)CCCCC3(C)O2)cc1. The molecule has 2 atom stereocenters. The Morgan fingerprint density at radius 1 is 1.11 bits per heavy atom. The second-order valence-electron chi connectivity index (χ2n) is 6.12. The van der Waals surface area contributed by atoms with E-state index in [-0.39, 0.29) is 10.3 Å². The molecule has 2 unspecified atom stereocenters. The third-order valence-corrected chi connectivity index (χ3v) is 5.92. The fourth-order valence-corrected chi connectivity index (χ4v) is 3.94. The largest absolute Gasteiger partial charge is 0.469 e. The predicted octanol–water partition coefficient (Wildman–Crippen LogP) is 4.51. The van der Waals surface area contributed by atoms with Crippen LogP contribution in [0.15, 0.2) is 28.7 Å². The first-order valence-corrected chi connectivity index (χ1v) is 7.82. The monoisotopic (exact) mass is 275 g/mol. The van der Waals surface area contributed by atoms with E-state index < -0.39 is 0 Å². The number of hydrogen-bond donors (Lipinski definition) is 0. The molecule has 3 rings (SSSR count). The molecule has 1 aromatic carbocycles. The third-order valence-electron chi connectivity index (χ3n) is 4.63. The highest BCUT2D eigenvalue weighted by Gasteiger charge is 2.52. The van der Waals surface area contributed by atoms with Gasteiger partial charge in [0.25, 0.3) is 0 Å². The number of fused-ring (bicyclic) bond motifs is 1. The summed E-state index contributed by atoms with van der Waals surface area (Å²) in [6, 6.07) is 8.43. The Hall–Kier alpha value is -0.960. The van der Waals surface area contributed by atoms with Gasteiger partial charge in [-0.25, -0.2) is 0 Å². The van der Waals surface area contributed by atoms with Gasteiger partial charge in [0.15, 0.2) is 0 Å². The van der Waals surface area contributed by atoms with E-state index in [9.17, 15) is 0 Å². The molecule has 0 aromatic heterocycles. The smallest absolute Gasteiger partial charge is 0.228 e. The molecular weight excluding hydrogens is 254 g/mol. The van der Waals surface area contributed by atoms with Crippen molar-refractivity contribution in [1.82, 2.24) is 0 Å². The Kier molecular flexibility index (Phi) is 3.12. The van der Waals surface area contributed by atoms with Crippen LogP contribution >= 0.6 is 11.9 Å². The van der Waals surface area contributed by atoms with Gasteiger partial charge in [0, 0.05) is 5.56 Å². The topological polar surface area (TPSA) is 21.6 Å². The van der Waals surface area contributed by atoms with Crippen LogP contribution in [0.25, 0.3) is 0 Å². The lowest BCUT2D eigenvalue weighted by Gasteiger charge is -2.50. The van der Waals surface area contributed by atoms with Crippen molar-refractivity contribution in [3.63, 3.8) is 0 Å². The molecule has 1 heterocycles. The van der Waals surface area contributed by atoms with Crippen molar-refractivity contribution >= 4 is 17.8 Å². The fraction of sp³-hybridized carbons (Fsp3) is 0.562. The summed E-state index contributed by atoms with van der Waals surface area (Å²) in [5.74, 6) is 0.798. The lowest BCUT2D eigenvalue weighted by atomic mass is 9.76. The van der Waals surface area contributed by atoms with Gasteiger partial charge in [0.1, 0.15) is 5.60 Å². The van der Waals surface area contributed by atoms with Crippen LogP contribution in [0.4, 0.5) is 0 Å². The molecule has 0 amide bonds. The average molecular weight is 275 g/mol. The van der Waals surface area contributed by atoms with E-state index in [4.69, 9.17) is 4.74 Å². The van der Waals surface area contributed by atoms with E-state index in [2.05, 4.69) is 49.4 Å². The zero-order chi connectivity index (χ0) is 13.5. The van der Waals surface area contributed by atoms with Gasteiger partial charge >= 0.3 is 0 Å². The maximum atomic E-state index is 6.34. The summed E-state index contributed by atoms with van der Waals surface area (Å²) in [6.07, 6.45) is 4.87. The molecule has 102 valence electrons. The zero-order valence-corrected chi connectivity index (χ0v) is 12.7. The van der Waals surface area contributed by atoms with Crippen LogP contribution < -0.4 is 0 Å². The molecule has 0 spiro atoms. The minimum Gasteiger partial charge on any atom is -0.469 e. The maximum Gasteiger partial charge on any atom is 0.228 e. The van der Waals surface area contributed by atoms with Crippen molar-refractivity contribution in [3.05, 3.63) is 35.4 Å². The van der Waals surface area contributed by atoms with E-state index in [1.807, 2.05) is 0 Å². The van der Waals surface area contributed by atoms with Crippen LogP contribution in [-0.4, -0.2) is 16.2 Å². The van der Waals surface area contributed by atoms with Crippen LogP contribution in [-0.2, 0) is 4.74 Å². The first-order chi connectivity index (χ1) is 9.02. The Labute approximate surface area is 119 Å². The first-order valence-electron chi connectivity index (χ1n) is 7.05. The van der Waals surface area contributed by atoms with E-state index >= 15 is 0 Å². The first kappa shape index (κ1) is 13.0. The molecule has 1 aliphatic heterocycles. The van der Waals surface area contributed by atoms with Gasteiger partial charge in [-0.2, -0.15) is 4.40 Å². The highest BCUT2D eigenvalue weighted by atomic mass is 32.2. The molecule has 2 aliphatic rings. The maximum absolute atomic E-state index is 6.34. The van der Waals surface area contributed by atoms with Crippen molar-refractivity contribution in [1.29, 1.82) is 0 Å². The average Bonchev–Trinajstić information content (AvgIpc) is 2.39. The summed E-state index contributed by atoms with van der Waals surface area (Å²) in [5.41, 5.74) is 2.27. The quantitative estimate of drug-likeness (QED) is 0.703. The van der Waals surface area contributed by atoms with Crippen molar-refractivity contribution in [3.8, 4) is 0 Å². The van der Waals surface area contributed by atoms with E-state index in [0.29, 0.717) is 0 Å². The fourth-order valence-electron chi connectivity index (χ4n) is 2.94. The van der Waals surface area contributed by atoms with Crippen LogP contribution in [0.5, 0.6) is 0 Å². The summed E-state index contributed by atoms with van der Waals surface area (Å²) >= 11 is 1.72. The van der Waals surface area contributed by atoms with Crippen LogP contribution in [0.1, 0.15) is 50.7 Å². The number of hydrogen-bond acceptors (Lipinski definition) is 3. The minimum absolute atomic E-state index is 0.0854. The number of ether oxygens (including phenoxy) is 1. The molecule has 1 fully saturated rings. The summed E-state index contributed by atoms with van der Waals surface area (Å²) in [7, 11) is 0. The number of benzene rings is 1. The highest BCUT2D eigenvalue weighted by molar-refractivity contribution is 7.99. The number of aryl methyl sites for hydroxylation is 1. The van der Waals surface area contributed by atoms with Gasteiger partial charge < -0.3 is 4.74 Å². The summed E-state index contributed by atoms with van der Waals surface area (Å²) in [4.78, 5) is 0. The van der Waals surface area contributed by atoms with E-state index in [0.717, 1.165) is 17.9 Å². The van der Waals surface area contributed by atoms with Crippen LogP contribution in [0, 0.1) is 6.92 Å². The third kappa shape index (κ3) is 2.18. The number of rotatable bonds is 1. The van der Waals surface area contributed by atoms with Gasteiger partial charge in [0.05, 0.1) is 4.75 Å². The molecule has 1 aromatic rings. The second-order valence-corrected chi connectivity index (χ2v) is 7.39. The Morgan fingerprint density at radius 2 is 1.79 bits per heavy atom. The Bertz CT molecular complexity index is 510. The molecule has 0 saturated heterocycles. The van der Waals surface area contributed by atoms with Gasteiger partial charge in [-0.3, -0.25) is 0 Å². The molecule has 0 bridgehead atoms. The van der Waals surface area contributed by atoms with Crippen molar-refractivity contribution in [2.75, 3.05) is 0 Å². The molecule has 1 aliphatic carbocycles. The van der Waals surface area contributed by atoms with Crippen molar-refractivity contribution < 1.29 is 4.74 Å². The molecule has 1 saturated carbocycles. The lowest BCUT2D eigenvalue weighted by molar-refractivity contribution is 0.00483. The molecule has 0 radical (unpaired) electrons. The highest BCUT2D eigenvalue weighted by Crippen LogP contribution is 2.51. The van der Waals surface area contributed by atoms with Crippen molar-refractivity contribution in [2.45, 2.75) is 56.8 Å². The van der Waals surface area contributed by atoms with Gasteiger partial charge in [-0.05, 0) is 64.1 Å². The van der Waals surface area contributed by atoms with Crippen LogP contribution in [0.3, 0.4) is 0 Å². The second kappa shape index (κ2) is 4.55. The van der Waals surface area contributed by atoms with Crippen LogP contribution in [0.2, 0.25) is 0 Å². The van der Waals surface area contributed by atoms with Gasteiger partial charge in [-0.15, -0.1) is 0 Å². The molecular formula is C16H21NOS. The Morgan fingerprint density at radius 3 is 2.53 bits per heavy atom. The predicted molar refractivity (Wildman–Crippen MR) is 81.7 cm³/mol. The molecule has 0 N–H and O–H groups in total. The molecule has 2 nitrogen and oxygen atoms in total. The Balaban J connectivity index is 1.92. The van der Waals surface area contributed by atoms with E-state index in [1.165, 1.54) is 24.8 Å². The van der Waals surface area contributed by atoms with Gasteiger partial charge in [-0.1, -0.05) is 24.1 Å². The number of nitrogens with zero attached hydrogens (tertiary/aromatic N) is 1. The summed E-state index contributed by atoms with van der Waals surface area (Å²) in [6.45, 7) is 6.65. The molecule has 19 heavy (non-hydrogen) atoms. The lowest BCUT2D eigenvalue weighted by Crippen LogP contribution is -2.54. The molecule has 3 heteroatoms. The minimum atomic E-state index is -0.0854. The van der Waals surface area contributed by atoms with Gasteiger partial charge in [0.2, 0.25) is 5.90 Å². The normalized spacial score (nSPS) is 34.2.